The lowest BCUT2D eigenvalue weighted by Crippen LogP contribution is -2.34. The Morgan fingerprint density at radius 3 is 1.07 bits per heavy atom. The lowest BCUT2D eigenvalue weighted by molar-refractivity contribution is 0.0367. The lowest BCUT2D eigenvalue weighted by atomic mass is 10.0. The zero-order chi connectivity index (χ0) is 100. The third-order valence-corrected chi connectivity index (χ3v) is 20.1. The van der Waals surface area contributed by atoms with E-state index in [0.29, 0.717) is 71.8 Å². The third kappa shape index (κ3) is 33.6. The monoisotopic (exact) mass is 2020 g/mol. The van der Waals surface area contributed by atoms with E-state index in [2.05, 4.69) is 36.8 Å². The number of carbonyl (C=O) groups is 11. The molecule has 7 aromatic carbocycles. The van der Waals surface area contributed by atoms with Gasteiger partial charge in [-0.2, -0.15) is 10.2 Å². The summed E-state index contributed by atoms with van der Waals surface area (Å²) >= 11 is 39.5. The molecule has 30 nitrogen and oxygen atoms in total. The maximum atomic E-state index is 13.3. The van der Waals surface area contributed by atoms with Crippen molar-refractivity contribution in [1.29, 1.82) is 0 Å². The average molecular weight is 2020 g/mol. The van der Waals surface area contributed by atoms with Crippen molar-refractivity contribution >= 4 is 196 Å². The minimum absolute atomic E-state index is 0.146. The fourth-order valence-electron chi connectivity index (χ4n) is 11.3. The first kappa shape index (κ1) is 110. The summed E-state index contributed by atoms with van der Waals surface area (Å²) in [7, 11) is 6.60. The van der Waals surface area contributed by atoms with Gasteiger partial charge in [-0.05, 0) is 292 Å². The summed E-state index contributed by atoms with van der Waals surface area (Å²) in [6.07, 6.45) is 4.27. The number of carbonyl (C=O) groups excluding carboxylic acids is 11. The van der Waals surface area contributed by atoms with Crippen molar-refractivity contribution < 1.29 is 90.6 Å². The van der Waals surface area contributed by atoms with E-state index in [1.807, 2.05) is 0 Å². The van der Waals surface area contributed by atoms with E-state index in [9.17, 15) is 52.7 Å². The largest absolute Gasteiger partial charge is 0.459 e. The summed E-state index contributed by atoms with van der Waals surface area (Å²) in [6.45, 7) is 31.8. The van der Waals surface area contributed by atoms with E-state index in [1.54, 1.807) is 314 Å². The second-order valence-electron chi connectivity index (χ2n) is 33.0. The van der Waals surface area contributed by atoms with Gasteiger partial charge >= 0.3 is 48.0 Å². The molecule has 0 fully saturated rings. The topological polar surface area (TPSA) is 382 Å². The quantitative estimate of drug-likeness (QED) is 0.0295. The number of primary amides is 1. The van der Waals surface area contributed by atoms with Gasteiger partial charge in [0.1, 0.15) is 11.2 Å². The number of pyridine rings is 2. The molecule has 11 aromatic rings. The van der Waals surface area contributed by atoms with Crippen molar-refractivity contribution in [2.24, 2.45) is 5.73 Å². The van der Waals surface area contributed by atoms with Crippen LogP contribution in [-0.4, -0.2) is 161 Å². The van der Waals surface area contributed by atoms with E-state index in [1.165, 1.54) is 45.0 Å². The van der Waals surface area contributed by atoms with Crippen LogP contribution in [-0.2, 0) is 37.9 Å². The minimum atomic E-state index is -0.604. The van der Waals surface area contributed by atoms with Crippen LogP contribution in [0.4, 0.5) is 43.7 Å². The molecule has 11 rings (SSSR count). The van der Waals surface area contributed by atoms with E-state index >= 15 is 0 Å². The van der Waals surface area contributed by atoms with Gasteiger partial charge in [0, 0.05) is 97.0 Å². The molecule has 37 heteroatoms. The molecule has 0 unspecified atom stereocenters. The maximum absolute atomic E-state index is 13.3. The molecule has 0 bridgehead atoms. The molecule has 5 amide bonds. The van der Waals surface area contributed by atoms with Crippen molar-refractivity contribution in [3.63, 3.8) is 0 Å². The molecule has 0 atom stereocenters. The summed E-state index contributed by atoms with van der Waals surface area (Å²) in [4.78, 5) is 137. The second kappa shape index (κ2) is 50.0. The molecule has 4 aromatic heterocycles. The highest BCUT2D eigenvalue weighted by Gasteiger charge is 2.28. The van der Waals surface area contributed by atoms with Gasteiger partial charge < -0.3 is 64.5 Å². The number of aromatic nitrogens is 4. The van der Waals surface area contributed by atoms with Crippen molar-refractivity contribution in [3.05, 3.63) is 267 Å². The van der Waals surface area contributed by atoms with Crippen LogP contribution in [0.15, 0.2) is 187 Å². The Balaban J connectivity index is 0.000000254. The molecule has 714 valence electrons. The normalized spacial score (nSPS) is 10.9. The number of esters is 6. The highest BCUT2D eigenvalue weighted by Crippen LogP contribution is 2.33. The predicted octanol–water partition coefficient (Wildman–Crippen LogP) is 23.2. The van der Waals surface area contributed by atoms with Gasteiger partial charge in [-0.25, -0.2) is 47.4 Å². The van der Waals surface area contributed by atoms with E-state index < -0.39 is 65.1 Å². The lowest BCUT2D eigenvalue weighted by Gasteiger charge is -2.25. The van der Waals surface area contributed by atoms with Crippen LogP contribution >= 0.6 is 85.5 Å². The summed E-state index contributed by atoms with van der Waals surface area (Å²) in [5.74, 6) is -4.00. The highest BCUT2D eigenvalue weighted by molar-refractivity contribution is 9.10. The van der Waals surface area contributed by atoms with Crippen LogP contribution in [0.1, 0.15) is 218 Å². The number of hydrogen-bond acceptors (Lipinski definition) is 23. The van der Waals surface area contributed by atoms with Crippen LogP contribution in [0.2, 0.25) is 30.1 Å². The molecule has 4 heterocycles. The van der Waals surface area contributed by atoms with Crippen LogP contribution in [0.3, 0.4) is 0 Å². The highest BCUT2D eigenvalue weighted by atomic mass is 79.9. The molecule has 0 saturated heterocycles. The second-order valence-corrected chi connectivity index (χ2v) is 36.3. The standard InChI is InChI=1S/C26H23ClN4O4.C19H17BrClN3O3.C16H22ClNO4.C15H20ClNO4.C11H14ClNO2.C10H12ClNO2/c1-15(2)35-26(34)20-13-19(8-9-22(20)27)30(3)25(33)18-10-11-31-23(12-18)21(14-29-31)16-4-6-17(7-5-16)24(28)32;1-11(2)27-19(26)14-9-13(4-5-16(14)21)23(3)18(25)12-6-7-24-17(8-12)15(20)10-22-24;1-10(2)21-14(19)12-9-11(7-8-13(12)17)18(6)15(20)22-16(3,4)5;1-9(2)20-13(18)11-8-10(6-7-12(11)16)17-14(19)21-15(3,4)5;1-7(2)15-11(14)9-6-8(13-3)4-5-10(9)12;1-6(2)14-10(13)8-5-7(12)3-4-9(8)11/h4-15H,1-3H3,(H2,28,32);4-11H,1-3H3;7-10H,1-6H3;6-9H,1-5H3,(H,17,19);4-7,13H,1-3H3;3-6H,12H2,1-2H3. The zero-order valence-electron chi connectivity index (χ0n) is 78.0. The molecule has 0 spiro atoms. The van der Waals surface area contributed by atoms with Crippen LogP contribution in [0.25, 0.3) is 22.2 Å². The first-order valence-corrected chi connectivity index (χ1v) is 44.6. The predicted molar refractivity (Wildman–Crippen MR) is 528 cm³/mol. The molecule has 0 aliphatic rings. The minimum Gasteiger partial charge on any atom is -0.459 e. The Labute approximate surface area is 816 Å². The number of nitrogen functional groups attached to an aromatic ring is 1. The fourth-order valence-corrected chi connectivity index (χ4v) is 12.9. The molecule has 0 aliphatic carbocycles. The van der Waals surface area contributed by atoms with Gasteiger partial charge in [-0.3, -0.25) is 24.6 Å². The number of hydrogen-bond donors (Lipinski definition) is 4. The van der Waals surface area contributed by atoms with Crippen molar-refractivity contribution in [2.45, 2.75) is 172 Å². The summed E-state index contributed by atoms with van der Waals surface area (Å²) < 4.78 is 45.3. The van der Waals surface area contributed by atoms with Crippen LogP contribution < -0.4 is 36.8 Å². The molecule has 0 saturated carbocycles. The number of benzene rings is 7. The van der Waals surface area contributed by atoms with Crippen molar-refractivity contribution in [1.82, 2.24) is 19.2 Å². The van der Waals surface area contributed by atoms with Crippen molar-refractivity contribution in [3.8, 4) is 11.1 Å². The number of amides is 5. The molecule has 0 aliphatic heterocycles. The number of halogens is 7. The summed E-state index contributed by atoms with van der Waals surface area (Å²) in [5, 5.41) is 15.8. The number of fused-ring (bicyclic) bond motifs is 2. The molecule has 6 N–H and O–H groups in total. The average Bonchev–Trinajstić information content (AvgIpc) is 1.63. The Kier molecular flexibility index (Phi) is 41.2. The zero-order valence-corrected chi connectivity index (χ0v) is 84.1. The fraction of sp³-hybridized carbons (Fsp3) is 0.309. The van der Waals surface area contributed by atoms with Gasteiger partial charge in [0.05, 0.1) is 128 Å². The number of nitrogens with zero attached hydrogens (tertiary/aromatic N) is 7. The Bertz CT molecular complexity index is 6070. The summed E-state index contributed by atoms with van der Waals surface area (Å²) in [5.41, 5.74) is 18.9. The van der Waals surface area contributed by atoms with Gasteiger partial charge in [-0.15, -0.1) is 0 Å². The molecular weight excluding hydrogens is 1920 g/mol. The van der Waals surface area contributed by atoms with Gasteiger partial charge in [0.25, 0.3) is 11.8 Å². The number of nitrogens with one attached hydrogen (secondary N) is 2. The molecule has 0 radical (unpaired) electrons. The molecule has 134 heavy (non-hydrogen) atoms. The first-order valence-electron chi connectivity index (χ1n) is 41.6. The third-order valence-electron chi connectivity index (χ3n) is 17.5. The smallest absolute Gasteiger partial charge is 0.414 e. The Morgan fingerprint density at radius 2 is 0.709 bits per heavy atom. The first-order chi connectivity index (χ1) is 62.6. The molecular formula is C97H108BrCl6N11O19. The Hall–Kier alpha value is -12.5. The Morgan fingerprint density at radius 1 is 0.388 bits per heavy atom. The van der Waals surface area contributed by atoms with E-state index in [-0.39, 0.29) is 90.8 Å². The maximum Gasteiger partial charge on any atom is 0.414 e. The van der Waals surface area contributed by atoms with Gasteiger partial charge in [-0.1, -0.05) is 81.7 Å². The van der Waals surface area contributed by atoms with E-state index in [4.69, 9.17) is 119 Å². The number of anilines is 6. The number of ether oxygens (including phenoxy) is 8. The van der Waals surface area contributed by atoms with E-state index in [0.717, 1.165) is 26.8 Å². The summed E-state index contributed by atoms with van der Waals surface area (Å²) in [6, 6.07) is 42.4. The number of nitrogens with two attached hydrogens (primary N) is 2. The number of rotatable bonds is 21. The van der Waals surface area contributed by atoms with Gasteiger partial charge in [0.2, 0.25) is 5.91 Å². The van der Waals surface area contributed by atoms with Crippen LogP contribution in [0.5, 0.6) is 0 Å². The van der Waals surface area contributed by atoms with Crippen molar-refractivity contribution in [2.75, 3.05) is 59.3 Å². The van der Waals surface area contributed by atoms with Gasteiger partial charge in [0.15, 0.2) is 0 Å². The SMILES string of the molecule is CC(C)OC(=O)c1cc(N(C)C(=O)OC(C)(C)C)ccc1Cl.CC(C)OC(=O)c1cc(N(C)C(=O)c2ccn3ncc(-c4ccc(C(N)=O)cc4)c3c2)ccc1Cl.CC(C)OC(=O)c1cc(N(C)C(=O)c2ccn3ncc(Br)c3c2)ccc1Cl.CC(C)OC(=O)c1cc(N)ccc1Cl.CC(C)OC(=O)c1cc(NC(=O)OC(C)(C)C)ccc1Cl.CNc1ccc(Cl)c(C(=O)OC(C)C)c1. The van der Waals surface area contributed by atoms with Crippen LogP contribution in [0, 0.1) is 0 Å².